The normalized spacial score (nSPS) is 21.6. The number of fused-ring (bicyclic) bond motifs is 1. The lowest BCUT2D eigenvalue weighted by molar-refractivity contribution is -0.384. The summed E-state index contributed by atoms with van der Waals surface area (Å²) in [7, 11) is 1.51. The van der Waals surface area contributed by atoms with E-state index >= 15 is 0 Å². The van der Waals surface area contributed by atoms with Gasteiger partial charge in [-0.3, -0.25) is 24.5 Å². The smallest absolute Gasteiger partial charge is 0.271 e. The maximum Gasteiger partial charge on any atom is 0.271 e. The molecule has 172 valence electrons. The summed E-state index contributed by atoms with van der Waals surface area (Å²) in [6.07, 6.45) is -1.16. The van der Waals surface area contributed by atoms with Gasteiger partial charge in [0.25, 0.3) is 11.6 Å². The number of rotatable bonds is 5. The van der Waals surface area contributed by atoms with Gasteiger partial charge < -0.3 is 4.74 Å². The van der Waals surface area contributed by atoms with Gasteiger partial charge in [0.1, 0.15) is 17.5 Å². The number of methoxy groups -OCH3 is 1. The van der Waals surface area contributed by atoms with Crippen molar-refractivity contribution in [3.63, 3.8) is 0 Å². The monoisotopic (exact) mass is 463 g/mol. The zero-order valence-electron chi connectivity index (χ0n) is 17.8. The molecule has 0 N–H and O–H groups in total. The molecular weight excluding hydrogens is 445 g/mol. The number of nitrogens with zero attached hydrogens (tertiary/aromatic N) is 3. The Labute approximate surface area is 193 Å². The second-order valence-corrected chi connectivity index (χ2v) is 7.86. The molecule has 3 atom stereocenters. The summed E-state index contributed by atoms with van der Waals surface area (Å²) in [5, 5.41) is 12.7. The van der Waals surface area contributed by atoms with Crippen molar-refractivity contribution in [2.75, 3.05) is 17.1 Å². The van der Waals surface area contributed by atoms with E-state index in [2.05, 4.69) is 0 Å². The molecule has 2 fully saturated rings. The molecule has 3 aromatic rings. The van der Waals surface area contributed by atoms with Crippen molar-refractivity contribution in [3.8, 4) is 5.75 Å². The van der Waals surface area contributed by atoms with Gasteiger partial charge in [-0.15, -0.1) is 0 Å². The van der Waals surface area contributed by atoms with Crippen molar-refractivity contribution in [2.24, 2.45) is 5.92 Å². The van der Waals surface area contributed by atoms with E-state index in [9.17, 15) is 24.1 Å². The molecule has 0 aliphatic carbocycles. The minimum absolute atomic E-state index is 0.159. The van der Waals surface area contributed by atoms with E-state index in [0.29, 0.717) is 17.0 Å². The van der Waals surface area contributed by atoms with E-state index in [1.54, 1.807) is 30.3 Å². The molecule has 2 aliphatic heterocycles. The molecule has 0 unspecified atom stereocenters. The third-order valence-electron chi connectivity index (χ3n) is 5.93. The van der Waals surface area contributed by atoms with Crippen LogP contribution in [-0.2, 0) is 14.4 Å². The molecule has 10 heteroatoms. The van der Waals surface area contributed by atoms with Gasteiger partial charge in [0.15, 0.2) is 6.10 Å². The fraction of sp³-hybridized carbons (Fsp3) is 0.167. The van der Waals surface area contributed by atoms with Crippen LogP contribution in [0.5, 0.6) is 5.75 Å². The minimum atomic E-state index is -1.16. The molecule has 0 saturated carbocycles. The minimum Gasteiger partial charge on any atom is -0.497 e. The summed E-state index contributed by atoms with van der Waals surface area (Å²) >= 11 is 0. The lowest BCUT2D eigenvalue weighted by atomic mass is 9.90. The van der Waals surface area contributed by atoms with Crippen molar-refractivity contribution >= 4 is 28.9 Å². The van der Waals surface area contributed by atoms with Crippen LogP contribution >= 0.6 is 0 Å². The van der Waals surface area contributed by atoms with E-state index in [1.165, 1.54) is 54.6 Å². The number of hydrogen-bond acceptors (Lipinski definition) is 7. The van der Waals surface area contributed by atoms with Crippen LogP contribution in [-0.4, -0.2) is 30.0 Å². The molecular formula is C24H18FN3O6. The first-order chi connectivity index (χ1) is 16.4. The van der Waals surface area contributed by atoms with Gasteiger partial charge in [-0.25, -0.2) is 14.4 Å². The Morgan fingerprint density at radius 1 is 0.971 bits per heavy atom. The maximum absolute atomic E-state index is 13.5. The molecule has 9 nitrogen and oxygen atoms in total. The molecule has 34 heavy (non-hydrogen) atoms. The van der Waals surface area contributed by atoms with Crippen molar-refractivity contribution < 1.29 is 28.5 Å². The third-order valence-corrected chi connectivity index (χ3v) is 5.93. The molecule has 0 aromatic heterocycles. The Balaban J connectivity index is 1.60. The van der Waals surface area contributed by atoms with E-state index in [-0.39, 0.29) is 11.4 Å². The van der Waals surface area contributed by atoms with Crippen LogP contribution < -0.4 is 14.7 Å². The standard InChI is InChI=1S/C24H18FN3O6/c1-33-19-7-2-4-14(12-19)21-20-22(34-27(21)17-5-3-6-18(13-17)28(31)32)24(30)26(23(20)29)16-10-8-15(25)9-11-16/h2-13,20-22H,1H3/t20-,21-,22-/m1/s1. The van der Waals surface area contributed by atoms with Crippen molar-refractivity contribution in [2.45, 2.75) is 12.1 Å². The Morgan fingerprint density at radius 3 is 2.41 bits per heavy atom. The highest BCUT2D eigenvalue weighted by molar-refractivity contribution is 6.23. The summed E-state index contributed by atoms with van der Waals surface area (Å²) in [5.41, 5.74) is 1.03. The number of imide groups is 1. The number of non-ortho nitro benzene ring substituents is 1. The summed E-state index contributed by atoms with van der Waals surface area (Å²) in [5.74, 6) is -2.01. The predicted octanol–water partition coefficient (Wildman–Crippen LogP) is 3.79. The number of benzene rings is 3. The SMILES string of the molecule is COc1cccc([C@@H]2[C@H]3C(=O)N(c4ccc(F)cc4)C(=O)[C@@H]3ON2c2cccc([N+](=O)[O-])c2)c1. The average molecular weight is 463 g/mol. The Kier molecular flexibility index (Phi) is 5.21. The second kappa shape index (κ2) is 8.23. The highest BCUT2D eigenvalue weighted by Crippen LogP contribution is 2.48. The van der Waals surface area contributed by atoms with Crippen molar-refractivity contribution in [1.29, 1.82) is 0 Å². The van der Waals surface area contributed by atoms with E-state index in [4.69, 9.17) is 9.57 Å². The van der Waals surface area contributed by atoms with Crippen molar-refractivity contribution in [3.05, 3.63) is 94.3 Å². The molecule has 2 heterocycles. The summed E-state index contributed by atoms with van der Waals surface area (Å²) in [6, 6.07) is 17.0. The molecule has 3 aromatic carbocycles. The largest absolute Gasteiger partial charge is 0.497 e. The molecule has 0 spiro atoms. The number of ether oxygens (including phenoxy) is 1. The third kappa shape index (κ3) is 3.44. The van der Waals surface area contributed by atoms with Crippen LogP contribution in [0.4, 0.5) is 21.5 Å². The Bertz CT molecular complexity index is 1300. The average Bonchev–Trinajstić information content (AvgIpc) is 3.36. The lowest BCUT2D eigenvalue weighted by Gasteiger charge is -2.28. The molecule has 5 rings (SSSR count). The number of amides is 2. The quantitative estimate of drug-likeness (QED) is 0.322. The van der Waals surface area contributed by atoms with Crippen LogP contribution in [0.3, 0.4) is 0 Å². The van der Waals surface area contributed by atoms with E-state index < -0.39 is 40.6 Å². The van der Waals surface area contributed by atoms with Gasteiger partial charge in [-0.2, -0.15) is 0 Å². The first-order valence-electron chi connectivity index (χ1n) is 10.4. The van der Waals surface area contributed by atoms with Crippen LogP contribution in [0.25, 0.3) is 0 Å². The van der Waals surface area contributed by atoms with Crippen LogP contribution in [0.15, 0.2) is 72.8 Å². The number of carbonyl (C=O) groups excluding carboxylic acids is 2. The first kappa shape index (κ1) is 21.5. The summed E-state index contributed by atoms with van der Waals surface area (Å²) < 4.78 is 18.7. The number of nitro groups is 1. The van der Waals surface area contributed by atoms with Gasteiger partial charge in [-0.1, -0.05) is 18.2 Å². The highest BCUT2D eigenvalue weighted by atomic mass is 19.1. The van der Waals surface area contributed by atoms with Crippen LogP contribution in [0.1, 0.15) is 11.6 Å². The number of halogens is 1. The Hall–Kier alpha value is -4.31. The zero-order chi connectivity index (χ0) is 24.0. The molecule has 2 aliphatic rings. The van der Waals surface area contributed by atoms with Gasteiger partial charge in [0.2, 0.25) is 5.91 Å². The van der Waals surface area contributed by atoms with Gasteiger partial charge in [0.05, 0.1) is 29.4 Å². The van der Waals surface area contributed by atoms with Crippen molar-refractivity contribution in [1.82, 2.24) is 0 Å². The first-order valence-corrected chi connectivity index (χ1v) is 10.4. The number of anilines is 2. The number of hydrogen-bond donors (Lipinski definition) is 0. The second-order valence-electron chi connectivity index (χ2n) is 7.86. The van der Waals surface area contributed by atoms with Gasteiger partial charge in [0, 0.05) is 12.1 Å². The molecule has 2 saturated heterocycles. The van der Waals surface area contributed by atoms with E-state index in [1.807, 2.05) is 0 Å². The topological polar surface area (TPSA) is 102 Å². The molecule has 2 amide bonds. The van der Waals surface area contributed by atoms with Gasteiger partial charge in [-0.05, 0) is 48.0 Å². The van der Waals surface area contributed by atoms with Crippen LogP contribution in [0.2, 0.25) is 0 Å². The maximum atomic E-state index is 13.5. The molecule has 0 bridgehead atoms. The summed E-state index contributed by atoms with van der Waals surface area (Å²) in [6.45, 7) is 0. The number of nitro benzene ring substituents is 1. The fourth-order valence-corrected chi connectivity index (χ4v) is 4.39. The van der Waals surface area contributed by atoms with Gasteiger partial charge >= 0.3 is 0 Å². The highest BCUT2D eigenvalue weighted by Gasteiger charge is 2.60. The van der Waals surface area contributed by atoms with E-state index in [0.717, 1.165) is 4.90 Å². The number of hydroxylamine groups is 1. The lowest BCUT2D eigenvalue weighted by Crippen LogP contribution is -2.37. The zero-order valence-corrected chi connectivity index (χ0v) is 17.8. The van der Waals surface area contributed by atoms with Crippen LogP contribution in [0, 0.1) is 21.8 Å². The predicted molar refractivity (Wildman–Crippen MR) is 119 cm³/mol. The Morgan fingerprint density at radius 2 is 1.71 bits per heavy atom. The summed E-state index contributed by atoms with van der Waals surface area (Å²) in [4.78, 5) is 44.6. The number of carbonyl (C=O) groups is 2. The fourth-order valence-electron chi connectivity index (χ4n) is 4.39. The molecule has 0 radical (unpaired) electrons.